The van der Waals surface area contributed by atoms with Gasteiger partial charge in [-0.25, -0.2) is 4.98 Å². The number of fused-ring (bicyclic) bond motifs is 1. The number of rotatable bonds is 1. The number of hydrogen-bond donors (Lipinski definition) is 1. The number of aromatic amines is 1. The van der Waals surface area contributed by atoms with Crippen molar-refractivity contribution in [1.29, 1.82) is 0 Å². The number of halogens is 1. The molecule has 0 aliphatic rings. The first-order valence-corrected chi connectivity index (χ1v) is 5.83. The zero-order valence-corrected chi connectivity index (χ0v) is 10.1. The first-order valence-electron chi connectivity index (χ1n) is 5.45. The fourth-order valence-corrected chi connectivity index (χ4v) is 2.00. The fourth-order valence-electron chi connectivity index (χ4n) is 1.88. The van der Waals surface area contributed by atoms with Gasteiger partial charge in [-0.15, -0.1) is 0 Å². The van der Waals surface area contributed by atoms with E-state index in [1.807, 2.05) is 49.4 Å². The van der Waals surface area contributed by atoms with Gasteiger partial charge in [0.2, 0.25) is 0 Å². The molecule has 3 aromatic rings. The lowest BCUT2D eigenvalue weighted by atomic mass is 10.1. The van der Waals surface area contributed by atoms with Crippen molar-refractivity contribution in [3.63, 3.8) is 0 Å². The number of imidazole rings is 1. The van der Waals surface area contributed by atoms with Crippen LogP contribution in [0.4, 0.5) is 0 Å². The standard InChI is InChI=1S/C14H11ClN2/c1-9-8-10(6-7-11(9)15)14-16-12-4-2-3-5-13(12)17-14/h2-8H,1H3,(H,16,17). The predicted octanol–water partition coefficient (Wildman–Crippen LogP) is 4.19. The molecule has 0 saturated heterocycles. The molecule has 3 rings (SSSR count). The quantitative estimate of drug-likeness (QED) is 0.681. The largest absolute Gasteiger partial charge is 0.338 e. The highest BCUT2D eigenvalue weighted by molar-refractivity contribution is 6.31. The normalized spacial score (nSPS) is 10.9. The third-order valence-corrected chi connectivity index (χ3v) is 3.24. The maximum atomic E-state index is 6.02. The molecule has 84 valence electrons. The summed E-state index contributed by atoms with van der Waals surface area (Å²) >= 11 is 6.02. The van der Waals surface area contributed by atoms with Crippen LogP contribution in [0.5, 0.6) is 0 Å². The number of para-hydroxylation sites is 2. The summed E-state index contributed by atoms with van der Waals surface area (Å²) in [7, 11) is 0. The van der Waals surface area contributed by atoms with E-state index in [1.165, 1.54) is 0 Å². The lowest BCUT2D eigenvalue weighted by molar-refractivity contribution is 1.32. The molecule has 0 aliphatic carbocycles. The van der Waals surface area contributed by atoms with Crippen LogP contribution in [-0.2, 0) is 0 Å². The highest BCUT2D eigenvalue weighted by atomic mass is 35.5. The molecular formula is C14H11ClN2. The van der Waals surface area contributed by atoms with Gasteiger partial charge in [-0.3, -0.25) is 0 Å². The maximum absolute atomic E-state index is 6.02. The highest BCUT2D eigenvalue weighted by Gasteiger charge is 2.05. The number of aryl methyl sites for hydroxylation is 1. The molecule has 0 amide bonds. The van der Waals surface area contributed by atoms with Crippen LogP contribution < -0.4 is 0 Å². The Balaban J connectivity index is 2.17. The topological polar surface area (TPSA) is 28.7 Å². The second-order valence-corrected chi connectivity index (χ2v) is 4.47. The Bertz CT molecular complexity index is 653. The number of nitrogens with one attached hydrogen (secondary N) is 1. The Morgan fingerprint density at radius 1 is 1.12 bits per heavy atom. The van der Waals surface area contributed by atoms with Gasteiger partial charge in [0.05, 0.1) is 11.0 Å². The Morgan fingerprint density at radius 2 is 1.94 bits per heavy atom. The molecule has 17 heavy (non-hydrogen) atoms. The lowest BCUT2D eigenvalue weighted by Crippen LogP contribution is -1.82. The Kier molecular flexibility index (Phi) is 2.37. The van der Waals surface area contributed by atoms with Crippen LogP contribution in [0, 0.1) is 6.92 Å². The van der Waals surface area contributed by atoms with Crippen LogP contribution >= 0.6 is 11.6 Å². The summed E-state index contributed by atoms with van der Waals surface area (Å²) in [6.07, 6.45) is 0. The number of nitrogens with zero attached hydrogens (tertiary/aromatic N) is 1. The van der Waals surface area contributed by atoms with Crippen molar-refractivity contribution in [2.75, 3.05) is 0 Å². The van der Waals surface area contributed by atoms with E-state index in [0.717, 1.165) is 33.0 Å². The lowest BCUT2D eigenvalue weighted by Gasteiger charge is -2.00. The first-order chi connectivity index (χ1) is 8.24. The van der Waals surface area contributed by atoms with Gasteiger partial charge < -0.3 is 4.98 Å². The van der Waals surface area contributed by atoms with E-state index >= 15 is 0 Å². The minimum Gasteiger partial charge on any atom is -0.338 e. The van der Waals surface area contributed by atoms with Gasteiger partial charge in [0.15, 0.2) is 0 Å². The fraction of sp³-hybridized carbons (Fsp3) is 0.0714. The molecule has 0 unspecified atom stereocenters. The van der Waals surface area contributed by atoms with E-state index in [2.05, 4.69) is 9.97 Å². The molecule has 0 fully saturated rings. The van der Waals surface area contributed by atoms with E-state index in [-0.39, 0.29) is 0 Å². The summed E-state index contributed by atoms with van der Waals surface area (Å²) in [5, 5.41) is 0.782. The summed E-state index contributed by atoms with van der Waals surface area (Å²) in [5.74, 6) is 0.881. The van der Waals surface area contributed by atoms with Crippen LogP contribution in [0.15, 0.2) is 42.5 Å². The van der Waals surface area contributed by atoms with Crippen LogP contribution in [0.25, 0.3) is 22.4 Å². The van der Waals surface area contributed by atoms with E-state index in [0.29, 0.717) is 0 Å². The van der Waals surface area contributed by atoms with E-state index in [1.54, 1.807) is 0 Å². The smallest absolute Gasteiger partial charge is 0.138 e. The van der Waals surface area contributed by atoms with Crippen molar-refractivity contribution in [3.05, 3.63) is 53.1 Å². The Hall–Kier alpha value is -1.80. The summed E-state index contributed by atoms with van der Waals surface area (Å²) < 4.78 is 0. The third kappa shape index (κ3) is 1.81. The Morgan fingerprint density at radius 3 is 2.71 bits per heavy atom. The minimum atomic E-state index is 0.782. The summed E-state index contributed by atoms with van der Waals surface area (Å²) in [5.41, 5.74) is 4.15. The molecule has 0 saturated carbocycles. The predicted molar refractivity (Wildman–Crippen MR) is 71.3 cm³/mol. The van der Waals surface area contributed by atoms with Gasteiger partial charge in [-0.1, -0.05) is 23.7 Å². The zero-order valence-electron chi connectivity index (χ0n) is 9.37. The second-order valence-electron chi connectivity index (χ2n) is 4.07. The first kappa shape index (κ1) is 10.4. The van der Waals surface area contributed by atoms with Gasteiger partial charge in [0, 0.05) is 10.6 Å². The van der Waals surface area contributed by atoms with Crippen LogP contribution in [0.3, 0.4) is 0 Å². The van der Waals surface area contributed by atoms with Crippen molar-refractivity contribution in [2.45, 2.75) is 6.92 Å². The van der Waals surface area contributed by atoms with Crippen LogP contribution in [0.2, 0.25) is 5.02 Å². The molecule has 2 nitrogen and oxygen atoms in total. The molecule has 2 aromatic carbocycles. The van der Waals surface area contributed by atoms with E-state index in [9.17, 15) is 0 Å². The van der Waals surface area contributed by atoms with Gasteiger partial charge in [0.25, 0.3) is 0 Å². The molecule has 3 heteroatoms. The number of hydrogen-bond acceptors (Lipinski definition) is 1. The molecule has 1 N–H and O–H groups in total. The SMILES string of the molecule is Cc1cc(-c2nc3ccccc3[nH]2)ccc1Cl. The van der Waals surface area contributed by atoms with Crippen LogP contribution in [0.1, 0.15) is 5.56 Å². The zero-order chi connectivity index (χ0) is 11.8. The molecule has 0 aliphatic heterocycles. The molecule has 1 heterocycles. The maximum Gasteiger partial charge on any atom is 0.138 e. The van der Waals surface area contributed by atoms with Crippen LogP contribution in [-0.4, -0.2) is 9.97 Å². The second kappa shape index (κ2) is 3.90. The molecule has 1 aromatic heterocycles. The third-order valence-electron chi connectivity index (χ3n) is 2.82. The van der Waals surface area contributed by atoms with Crippen molar-refractivity contribution in [1.82, 2.24) is 9.97 Å². The van der Waals surface area contributed by atoms with Crippen molar-refractivity contribution < 1.29 is 0 Å². The average molecular weight is 243 g/mol. The molecule has 0 atom stereocenters. The van der Waals surface area contributed by atoms with Gasteiger partial charge in [-0.05, 0) is 42.8 Å². The monoisotopic (exact) mass is 242 g/mol. The number of benzene rings is 2. The molecule has 0 bridgehead atoms. The van der Waals surface area contributed by atoms with Crippen molar-refractivity contribution in [2.24, 2.45) is 0 Å². The summed E-state index contributed by atoms with van der Waals surface area (Å²) in [4.78, 5) is 7.86. The van der Waals surface area contributed by atoms with E-state index in [4.69, 9.17) is 11.6 Å². The summed E-state index contributed by atoms with van der Waals surface area (Å²) in [6.45, 7) is 1.99. The molecule has 0 radical (unpaired) electrons. The summed E-state index contributed by atoms with van der Waals surface area (Å²) in [6, 6.07) is 13.9. The van der Waals surface area contributed by atoms with Crippen molar-refractivity contribution >= 4 is 22.6 Å². The Labute approximate surface area is 104 Å². The van der Waals surface area contributed by atoms with Gasteiger partial charge >= 0.3 is 0 Å². The number of aromatic nitrogens is 2. The minimum absolute atomic E-state index is 0.782. The average Bonchev–Trinajstić information content (AvgIpc) is 2.76. The molecular weight excluding hydrogens is 232 g/mol. The highest BCUT2D eigenvalue weighted by Crippen LogP contribution is 2.24. The van der Waals surface area contributed by atoms with Gasteiger partial charge in [-0.2, -0.15) is 0 Å². The van der Waals surface area contributed by atoms with E-state index < -0.39 is 0 Å². The molecule has 0 spiro atoms. The number of H-pyrrole nitrogens is 1. The van der Waals surface area contributed by atoms with Gasteiger partial charge in [0.1, 0.15) is 5.82 Å². The van der Waals surface area contributed by atoms with Crippen molar-refractivity contribution in [3.8, 4) is 11.4 Å².